The van der Waals surface area contributed by atoms with Crippen molar-refractivity contribution in [3.05, 3.63) is 53.9 Å². The number of aromatic amines is 1. The average Bonchev–Trinajstić information content (AvgIpc) is 3.04. The molecule has 6 nitrogen and oxygen atoms in total. The number of rotatable bonds is 6. The summed E-state index contributed by atoms with van der Waals surface area (Å²) in [7, 11) is 3.19. The first-order valence-corrected chi connectivity index (χ1v) is 8.04. The third-order valence-electron chi connectivity index (χ3n) is 4.17. The monoisotopic (exact) mass is 339 g/mol. The van der Waals surface area contributed by atoms with Crippen molar-refractivity contribution in [2.45, 2.75) is 19.4 Å². The normalized spacial score (nSPS) is 12.0. The summed E-state index contributed by atoms with van der Waals surface area (Å²) in [4.78, 5) is 19.7. The molecule has 1 aromatic carbocycles. The van der Waals surface area contributed by atoms with E-state index in [2.05, 4.69) is 15.3 Å². The fourth-order valence-corrected chi connectivity index (χ4v) is 2.83. The van der Waals surface area contributed by atoms with Crippen LogP contribution >= 0.6 is 0 Å². The Kier molecular flexibility index (Phi) is 4.88. The summed E-state index contributed by atoms with van der Waals surface area (Å²) in [5, 5.41) is 3.99. The summed E-state index contributed by atoms with van der Waals surface area (Å²) >= 11 is 0. The van der Waals surface area contributed by atoms with E-state index in [1.54, 1.807) is 20.4 Å². The van der Waals surface area contributed by atoms with Crippen molar-refractivity contribution in [2.75, 3.05) is 14.2 Å². The fraction of sp³-hybridized carbons (Fsp3) is 0.263. The molecule has 0 fully saturated rings. The molecule has 3 aromatic rings. The molecule has 1 atom stereocenters. The number of nitrogens with zero attached hydrogens (tertiary/aromatic N) is 1. The molecule has 0 aliphatic heterocycles. The lowest BCUT2D eigenvalue weighted by Gasteiger charge is -2.16. The standard InChI is InChI=1S/C19H21N3O3/c1-12(13-6-7-16(24-2)17(9-13)25-3)22-18(23)10-14-11-21-19-15(14)5-4-8-20-19/h4-9,11-12H,10H2,1-3H3,(H,20,21)(H,22,23)/t12-/m0/s1. The average molecular weight is 339 g/mol. The van der Waals surface area contributed by atoms with Gasteiger partial charge in [0.25, 0.3) is 0 Å². The van der Waals surface area contributed by atoms with E-state index in [9.17, 15) is 4.79 Å². The van der Waals surface area contributed by atoms with E-state index in [-0.39, 0.29) is 11.9 Å². The maximum Gasteiger partial charge on any atom is 0.224 e. The molecule has 0 unspecified atom stereocenters. The van der Waals surface area contributed by atoms with Crippen LogP contribution in [0, 0.1) is 0 Å². The van der Waals surface area contributed by atoms with E-state index in [0.29, 0.717) is 17.9 Å². The topological polar surface area (TPSA) is 76.2 Å². The summed E-state index contributed by atoms with van der Waals surface area (Å²) in [6, 6.07) is 9.31. The molecule has 0 aliphatic rings. The fourth-order valence-electron chi connectivity index (χ4n) is 2.83. The van der Waals surface area contributed by atoms with Crippen LogP contribution < -0.4 is 14.8 Å². The number of H-pyrrole nitrogens is 1. The van der Waals surface area contributed by atoms with Gasteiger partial charge in [-0.05, 0) is 42.3 Å². The molecule has 130 valence electrons. The number of benzene rings is 1. The lowest BCUT2D eigenvalue weighted by Crippen LogP contribution is -2.28. The van der Waals surface area contributed by atoms with Crippen molar-refractivity contribution in [3.8, 4) is 11.5 Å². The number of methoxy groups -OCH3 is 2. The van der Waals surface area contributed by atoms with Crippen molar-refractivity contribution in [1.29, 1.82) is 0 Å². The maximum absolute atomic E-state index is 12.4. The second kappa shape index (κ2) is 7.25. The second-order valence-corrected chi connectivity index (χ2v) is 5.79. The minimum Gasteiger partial charge on any atom is -0.493 e. The molecule has 3 rings (SSSR count). The van der Waals surface area contributed by atoms with Crippen LogP contribution in [0.3, 0.4) is 0 Å². The quantitative estimate of drug-likeness (QED) is 0.724. The highest BCUT2D eigenvalue weighted by atomic mass is 16.5. The van der Waals surface area contributed by atoms with Crippen LogP contribution in [-0.2, 0) is 11.2 Å². The molecule has 1 amide bonds. The highest BCUT2D eigenvalue weighted by Gasteiger charge is 2.14. The molecular formula is C19H21N3O3. The van der Waals surface area contributed by atoms with Crippen molar-refractivity contribution < 1.29 is 14.3 Å². The van der Waals surface area contributed by atoms with Gasteiger partial charge in [-0.15, -0.1) is 0 Å². The highest BCUT2D eigenvalue weighted by Crippen LogP contribution is 2.29. The first kappa shape index (κ1) is 16.8. The Balaban J connectivity index is 1.70. The number of hydrogen-bond acceptors (Lipinski definition) is 4. The van der Waals surface area contributed by atoms with Gasteiger partial charge in [-0.2, -0.15) is 0 Å². The van der Waals surface area contributed by atoms with Gasteiger partial charge in [0.1, 0.15) is 5.65 Å². The zero-order valence-electron chi connectivity index (χ0n) is 14.5. The Morgan fingerprint density at radius 1 is 1.24 bits per heavy atom. The molecule has 0 spiro atoms. The smallest absolute Gasteiger partial charge is 0.224 e. The van der Waals surface area contributed by atoms with Crippen molar-refractivity contribution in [1.82, 2.24) is 15.3 Å². The molecule has 0 bridgehead atoms. The maximum atomic E-state index is 12.4. The zero-order valence-corrected chi connectivity index (χ0v) is 14.5. The predicted octanol–water partition coefficient (Wildman–Crippen LogP) is 3.00. The van der Waals surface area contributed by atoms with Crippen LogP contribution in [0.5, 0.6) is 11.5 Å². The van der Waals surface area contributed by atoms with Gasteiger partial charge in [0.15, 0.2) is 11.5 Å². The number of hydrogen-bond donors (Lipinski definition) is 2. The van der Waals surface area contributed by atoms with Gasteiger partial charge < -0.3 is 19.8 Å². The van der Waals surface area contributed by atoms with E-state index < -0.39 is 0 Å². The third kappa shape index (κ3) is 3.57. The molecule has 0 saturated heterocycles. The van der Waals surface area contributed by atoms with E-state index in [0.717, 1.165) is 22.2 Å². The number of aromatic nitrogens is 2. The zero-order chi connectivity index (χ0) is 17.8. The van der Waals surface area contributed by atoms with Crippen molar-refractivity contribution in [2.24, 2.45) is 0 Å². The molecule has 0 radical (unpaired) electrons. The lowest BCUT2D eigenvalue weighted by molar-refractivity contribution is -0.121. The van der Waals surface area contributed by atoms with E-state index in [4.69, 9.17) is 9.47 Å². The van der Waals surface area contributed by atoms with Crippen LogP contribution in [0.1, 0.15) is 24.1 Å². The molecular weight excluding hydrogens is 318 g/mol. The Bertz CT molecular complexity index is 889. The number of ether oxygens (including phenoxy) is 2. The Hall–Kier alpha value is -3.02. The number of carbonyl (C=O) groups excluding carboxylic acids is 1. The van der Waals surface area contributed by atoms with Crippen LogP contribution in [0.15, 0.2) is 42.7 Å². The van der Waals surface area contributed by atoms with Gasteiger partial charge in [-0.1, -0.05) is 6.07 Å². The molecule has 0 aliphatic carbocycles. The molecule has 6 heteroatoms. The van der Waals surface area contributed by atoms with Crippen molar-refractivity contribution in [3.63, 3.8) is 0 Å². The SMILES string of the molecule is COc1ccc([C@H](C)NC(=O)Cc2c[nH]c3ncccc23)cc1OC. The molecule has 25 heavy (non-hydrogen) atoms. The third-order valence-corrected chi connectivity index (χ3v) is 4.17. The Morgan fingerprint density at radius 2 is 2.04 bits per heavy atom. The van der Waals surface area contributed by atoms with E-state index >= 15 is 0 Å². The van der Waals surface area contributed by atoms with Crippen molar-refractivity contribution >= 4 is 16.9 Å². The van der Waals surface area contributed by atoms with Gasteiger partial charge in [0.05, 0.1) is 26.7 Å². The van der Waals surface area contributed by atoms with Crippen LogP contribution in [-0.4, -0.2) is 30.1 Å². The van der Waals surface area contributed by atoms with Gasteiger partial charge in [-0.3, -0.25) is 4.79 Å². The van der Waals surface area contributed by atoms with Gasteiger partial charge in [-0.25, -0.2) is 4.98 Å². The molecule has 2 N–H and O–H groups in total. The van der Waals surface area contributed by atoms with E-state index in [1.165, 1.54) is 0 Å². The number of fused-ring (bicyclic) bond motifs is 1. The number of carbonyl (C=O) groups is 1. The molecule has 0 saturated carbocycles. The van der Waals surface area contributed by atoms with Crippen LogP contribution in [0.2, 0.25) is 0 Å². The summed E-state index contributed by atoms with van der Waals surface area (Å²) in [5.74, 6) is 1.26. The first-order chi connectivity index (χ1) is 12.1. The Morgan fingerprint density at radius 3 is 2.80 bits per heavy atom. The highest BCUT2D eigenvalue weighted by molar-refractivity contribution is 5.87. The van der Waals surface area contributed by atoms with Gasteiger partial charge in [0, 0.05) is 17.8 Å². The Labute approximate surface area is 146 Å². The van der Waals surface area contributed by atoms with Gasteiger partial charge >= 0.3 is 0 Å². The van der Waals surface area contributed by atoms with Crippen LogP contribution in [0.4, 0.5) is 0 Å². The van der Waals surface area contributed by atoms with Gasteiger partial charge in [0.2, 0.25) is 5.91 Å². The second-order valence-electron chi connectivity index (χ2n) is 5.79. The summed E-state index contributed by atoms with van der Waals surface area (Å²) in [6.07, 6.45) is 3.85. The minimum absolute atomic E-state index is 0.0490. The predicted molar refractivity (Wildman–Crippen MR) is 95.9 cm³/mol. The summed E-state index contributed by atoms with van der Waals surface area (Å²) < 4.78 is 10.6. The number of amides is 1. The minimum atomic E-state index is -0.143. The summed E-state index contributed by atoms with van der Waals surface area (Å²) in [5.41, 5.74) is 2.67. The number of nitrogens with one attached hydrogen (secondary N) is 2. The molecule has 2 aromatic heterocycles. The number of pyridine rings is 1. The summed E-state index contributed by atoms with van der Waals surface area (Å²) in [6.45, 7) is 1.94. The largest absolute Gasteiger partial charge is 0.493 e. The first-order valence-electron chi connectivity index (χ1n) is 8.04. The van der Waals surface area contributed by atoms with Crippen LogP contribution in [0.25, 0.3) is 11.0 Å². The van der Waals surface area contributed by atoms with E-state index in [1.807, 2.05) is 43.5 Å². The molecule has 2 heterocycles. The lowest BCUT2D eigenvalue weighted by atomic mass is 10.1.